The second-order valence-electron chi connectivity index (χ2n) is 2.79. The maximum Gasteiger partial charge on any atom is 2.00 e. The maximum atomic E-state index is 3.64. The van der Waals surface area contributed by atoms with E-state index >= 15 is 0 Å². The van der Waals surface area contributed by atoms with Gasteiger partial charge in [0.05, 0.1) is 0 Å². The molecule has 0 atom stereocenters. The average molecular weight is 303 g/mol. The van der Waals surface area contributed by atoms with Crippen LogP contribution in [0.1, 0.15) is 41.5 Å². The molecule has 0 rings (SSSR count). The van der Waals surface area contributed by atoms with Gasteiger partial charge in [-0.2, -0.15) is 25.7 Å². The van der Waals surface area contributed by atoms with Gasteiger partial charge in [0, 0.05) is 0 Å². The molecule has 80 valence electrons. The first-order valence-corrected chi connectivity index (χ1v) is 4.54. The Hall–Kier alpha value is 1.25. The fourth-order valence-electron chi connectivity index (χ4n) is 0. The smallest absolute Gasteiger partial charge is 0.346 e. The van der Waals surface area contributed by atoms with Crippen LogP contribution in [0.5, 0.6) is 0 Å². The van der Waals surface area contributed by atoms with Gasteiger partial charge in [0.2, 0.25) is 0 Å². The molecule has 0 heterocycles. The summed E-state index contributed by atoms with van der Waals surface area (Å²) in [5, 5.41) is 0. The predicted molar refractivity (Wildman–Crippen MR) is 62.5 cm³/mol. The summed E-state index contributed by atoms with van der Waals surface area (Å²) in [6.45, 7) is 25.5. The van der Waals surface area contributed by atoms with Gasteiger partial charge in [0.1, 0.15) is 0 Å². The number of rotatable bonds is 0. The normalized spacial score (nSPS) is 6.00. The molecule has 0 radical (unpaired) electrons. The topological polar surface area (TPSA) is 0 Å². The van der Waals surface area contributed by atoms with E-state index in [-0.39, 0.29) is 39.0 Å². The maximum absolute atomic E-state index is 3.64. The van der Waals surface area contributed by atoms with Crippen LogP contribution in [0.2, 0.25) is 0 Å². The van der Waals surface area contributed by atoms with Crippen molar-refractivity contribution in [2.24, 2.45) is 11.8 Å². The van der Waals surface area contributed by atoms with E-state index in [2.05, 4.69) is 55.4 Å². The molecule has 0 saturated heterocycles. The van der Waals surface area contributed by atoms with Gasteiger partial charge in [-0.05, 0) is 0 Å². The zero-order valence-electron chi connectivity index (χ0n) is 11.4. The van der Waals surface area contributed by atoms with E-state index in [0.717, 1.165) is 0 Å². The van der Waals surface area contributed by atoms with Crippen LogP contribution in [0.4, 0.5) is 0 Å². The van der Waals surface area contributed by atoms with Crippen molar-refractivity contribution in [3.05, 3.63) is 27.7 Å². The van der Waals surface area contributed by atoms with E-state index in [1.54, 1.807) is 13.8 Å². The molecule has 0 aliphatic heterocycles. The van der Waals surface area contributed by atoms with Crippen LogP contribution < -0.4 is 0 Å². The molecule has 0 aromatic carbocycles. The molecule has 0 aliphatic carbocycles. The molecule has 0 saturated carbocycles. The van der Waals surface area contributed by atoms with E-state index in [4.69, 9.17) is 0 Å². The zero-order valence-corrected chi connectivity index (χ0v) is 17.3. The molecule has 0 aromatic rings. The van der Waals surface area contributed by atoms with E-state index in [1.807, 2.05) is 0 Å². The van der Waals surface area contributed by atoms with Crippen molar-refractivity contribution in [1.82, 2.24) is 0 Å². The first kappa shape index (κ1) is 36.2. The van der Waals surface area contributed by atoms with Gasteiger partial charge in [-0.1, -0.05) is 27.7 Å². The largest absolute Gasteiger partial charge is 2.00 e. The molecule has 0 bridgehead atoms. The standard InChI is InChI=1S/2C4H9.2C2H5.2Zn/c2*1-4(2)3;2*1-2;;/h2*4H,1H2,2-3H3;2*1H2,2H3;;/q4*-1;2*+2. The molecule has 0 amide bonds. The van der Waals surface area contributed by atoms with Crippen molar-refractivity contribution in [1.29, 1.82) is 0 Å². The fourth-order valence-corrected chi connectivity index (χ4v) is 0. The summed E-state index contributed by atoms with van der Waals surface area (Å²) in [7, 11) is 0. The molecule has 0 N–H and O–H groups in total. The molecule has 0 nitrogen and oxygen atoms in total. The Kier molecular flexibility index (Phi) is 123. The molecular formula is C12H28Zn2. The van der Waals surface area contributed by atoms with Crippen LogP contribution in [0, 0.1) is 39.5 Å². The minimum atomic E-state index is 0. The van der Waals surface area contributed by atoms with E-state index < -0.39 is 0 Å². The van der Waals surface area contributed by atoms with Crippen LogP contribution >= 0.6 is 0 Å². The van der Waals surface area contributed by atoms with Crippen molar-refractivity contribution in [2.75, 3.05) is 0 Å². The van der Waals surface area contributed by atoms with Crippen LogP contribution in [0.15, 0.2) is 0 Å². The Labute approximate surface area is 120 Å². The first-order valence-electron chi connectivity index (χ1n) is 4.54. The SMILES string of the molecule is [CH2-]C.[CH2-]C.[CH2-]C(C)C.[CH2-]C(C)C.[Zn+2].[Zn+2]. The van der Waals surface area contributed by atoms with Crippen molar-refractivity contribution < 1.29 is 39.0 Å². The quantitative estimate of drug-likeness (QED) is 0.452. The minimum Gasteiger partial charge on any atom is -0.346 e. The van der Waals surface area contributed by atoms with Crippen molar-refractivity contribution >= 4 is 0 Å². The summed E-state index contributed by atoms with van der Waals surface area (Å²) < 4.78 is 0. The summed E-state index contributed by atoms with van der Waals surface area (Å²) in [5.41, 5.74) is 0. The summed E-state index contributed by atoms with van der Waals surface area (Å²) in [6, 6.07) is 0. The molecule has 0 fully saturated rings. The van der Waals surface area contributed by atoms with Gasteiger partial charge in [-0.3, -0.25) is 0 Å². The second kappa shape index (κ2) is 47.6. The molecule has 2 heteroatoms. The summed E-state index contributed by atoms with van der Waals surface area (Å²) >= 11 is 0. The first-order chi connectivity index (χ1) is 5.46. The number of hydrogen-bond acceptors (Lipinski definition) is 0. The third-order valence-electron chi connectivity index (χ3n) is 0. The zero-order chi connectivity index (χ0) is 11.2. The van der Waals surface area contributed by atoms with Crippen LogP contribution in [0.25, 0.3) is 0 Å². The third kappa shape index (κ3) is 1280. The van der Waals surface area contributed by atoms with Crippen LogP contribution in [-0.4, -0.2) is 0 Å². The average Bonchev–Trinajstić information content (AvgIpc) is 1.93. The van der Waals surface area contributed by atoms with Gasteiger partial charge < -0.3 is 27.7 Å². The Morgan fingerprint density at radius 2 is 0.571 bits per heavy atom. The van der Waals surface area contributed by atoms with Gasteiger partial charge >= 0.3 is 39.0 Å². The Morgan fingerprint density at radius 3 is 0.571 bits per heavy atom. The van der Waals surface area contributed by atoms with Crippen LogP contribution in [0.3, 0.4) is 0 Å². The Bertz CT molecular complexity index is 23.8. The van der Waals surface area contributed by atoms with Crippen molar-refractivity contribution in [3.63, 3.8) is 0 Å². The van der Waals surface area contributed by atoms with Crippen LogP contribution in [-0.2, 0) is 39.0 Å². The molecular weight excluding hydrogens is 275 g/mol. The van der Waals surface area contributed by atoms with E-state index in [1.165, 1.54) is 0 Å². The molecule has 0 aromatic heterocycles. The summed E-state index contributed by atoms with van der Waals surface area (Å²) in [4.78, 5) is 0. The predicted octanol–water partition coefficient (Wildman–Crippen LogP) is 4.63. The van der Waals surface area contributed by atoms with Gasteiger partial charge in [0.25, 0.3) is 0 Å². The van der Waals surface area contributed by atoms with E-state index in [9.17, 15) is 0 Å². The Morgan fingerprint density at radius 1 is 0.571 bits per heavy atom. The molecule has 14 heavy (non-hydrogen) atoms. The van der Waals surface area contributed by atoms with E-state index in [0.29, 0.717) is 11.8 Å². The van der Waals surface area contributed by atoms with Gasteiger partial charge in [-0.15, -0.1) is 0 Å². The molecule has 0 spiro atoms. The van der Waals surface area contributed by atoms with Gasteiger partial charge in [-0.25, -0.2) is 0 Å². The summed E-state index contributed by atoms with van der Waals surface area (Å²) in [6.07, 6.45) is 0. The molecule has 0 unspecified atom stereocenters. The fraction of sp³-hybridized carbons (Fsp3) is 0.667. The number of hydrogen-bond donors (Lipinski definition) is 0. The van der Waals surface area contributed by atoms with Gasteiger partial charge in [0.15, 0.2) is 0 Å². The van der Waals surface area contributed by atoms with Crippen molar-refractivity contribution in [3.8, 4) is 0 Å². The second-order valence-corrected chi connectivity index (χ2v) is 2.79. The minimum absolute atomic E-state index is 0. The third-order valence-corrected chi connectivity index (χ3v) is 0. The Balaban J connectivity index is -0.0000000153. The molecule has 0 aliphatic rings. The monoisotopic (exact) mass is 300 g/mol. The summed E-state index contributed by atoms with van der Waals surface area (Å²) in [5.74, 6) is 1.17. The van der Waals surface area contributed by atoms with Crippen molar-refractivity contribution in [2.45, 2.75) is 41.5 Å².